The molecule has 2 aromatic carbocycles. The van der Waals surface area contributed by atoms with Gasteiger partial charge in [0.05, 0.1) is 18.9 Å². The lowest BCUT2D eigenvalue weighted by atomic mass is 10.0. The lowest BCUT2D eigenvalue weighted by molar-refractivity contribution is -0.928. The molecular weight excluding hydrogens is 368 g/mol. The van der Waals surface area contributed by atoms with Gasteiger partial charge >= 0.3 is 11.8 Å². The molecule has 152 valence electrons. The van der Waals surface area contributed by atoms with E-state index in [1.807, 2.05) is 44.2 Å². The molecule has 1 fully saturated rings. The number of nitrogens with zero attached hydrogens (tertiary/aromatic N) is 1. The van der Waals surface area contributed by atoms with Crippen LogP contribution in [0.1, 0.15) is 24.1 Å². The van der Waals surface area contributed by atoms with Crippen LogP contribution in [-0.2, 0) is 14.3 Å². The topological polar surface area (TPSA) is 84.2 Å². The van der Waals surface area contributed by atoms with Gasteiger partial charge in [0.15, 0.2) is 6.04 Å². The van der Waals surface area contributed by atoms with Gasteiger partial charge in [0, 0.05) is 11.3 Å². The predicted molar refractivity (Wildman–Crippen MR) is 112 cm³/mol. The molecule has 1 saturated heterocycles. The molecule has 7 heteroatoms. The van der Waals surface area contributed by atoms with Gasteiger partial charge in [0.2, 0.25) is 0 Å². The standard InChI is InChI=1S/C22H26N4O3/c1-16-8-10-19(11-9-16)23-21(27)22(28)25-24-17(2)20(18-6-4-3-5-7-18)26-12-14-29-15-13-26/h3-11,20H,12-15H2,1-2H3,(H,23,27)(H,25,28)/p+1/b24-17-/t20-/m1/s1. The van der Waals surface area contributed by atoms with Crippen LogP contribution in [0.5, 0.6) is 0 Å². The fourth-order valence-electron chi connectivity index (χ4n) is 3.42. The van der Waals surface area contributed by atoms with Crippen LogP contribution < -0.4 is 15.6 Å². The molecule has 1 heterocycles. The Bertz CT molecular complexity index is 859. The van der Waals surface area contributed by atoms with Crippen molar-refractivity contribution in [3.8, 4) is 0 Å². The van der Waals surface area contributed by atoms with Crippen molar-refractivity contribution in [3.63, 3.8) is 0 Å². The van der Waals surface area contributed by atoms with Crippen molar-refractivity contribution in [2.45, 2.75) is 19.9 Å². The number of carbonyl (C=O) groups is 2. The molecule has 0 saturated carbocycles. The molecule has 2 aromatic rings. The summed E-state index contributed by atoms with van der Waals surface area (Å²) in [5.41, 5.74) is 5.89. The Morgan fingerprint density at radius 1 is 1.00 bits per heavy atom. The minimum atomic E-state index is -0.797. The van der Waals surface area contributed by atoms with Gasteiger partial charge in [0.25, 0.3) is 0 Å². The third-order valence-electron chi connectivity index (χ3n) is 4.94. The van der Waals surface area contributed by atoms with Crippen LogP contribution in [-0.4, -0.2) is 43.8 Å². The number of carbonyl (C=O) groups excluding carboxylic acids is 2. The first-order valence-corrected chi connectivity index (χ1v) is 9.74. The van der Waals surface area contributed by atoms with Gasteiger partial charge in [-0.2, -0.15) is 5.10 Å². The van der Waals surface area contributed by atoms with E-state index in [0.29, 0.717) is 18.9 Å². The van der Waals surface area contributed by atoms with E-state index in [9.17, 15) is 9.59 Å². The average Bonchev–Trinajstić information content (AvgIpc) is 2.75. The third kappa shape index (κ3) is 5.73. The number of morpholine rings is 1. The number of nitrogens with one attached hydrogen (secondary N) is 3. The molecule has 0 aromatic heterocycles. The molecule has 0 unspecified atom stereocenters. The van der Waals surface area contributed by atoms with Crippen molar-refractivity contribution in [1.29, 1.82) is 0 Å². The fraction of sp³-hybridized carbons (Fsp3) is 0.318. The lowest BCUT2D eigenvalue weighted by Gasteiger charge is -2.31. The lowest BCUT2D eigenvalue weighted by Crippen LogP contribution is -3.15. The molecule has 2 amide bonds. The van der Waals surface area contributed by atoms with Crippen LogP contribution in [0.4, 0.5) is 5.69 Å². The first-order valence-electron chi connectivity index (χ1n) is 9.74. The van der Waals surface area contributed by atoms with Gasteiger partial charge < -0.3 is 15.0 Å². The summed E-state index contributed by atoms with van der Waals surface area (Å²) >= 11 is 0. The molecule has 1 aliphatic heterocycles. The maximum Gasteiger partial charge on any atom is 0.329 e. The number of anilines is 1. The zero-order valence-corrected chi connectivity index (χ0v) is 16.8. The summed E-state index contributed by atoms with van der Waals surface area (Å²) in [6.07, 6.45) is 0. The normalized spacial score (nSPS) is 16.1. The summed E-state index contributed by atoms with van der Waals surface area (Å²) in [4.78, 5) is 25.7. The summed E-state index contributed by atoms with van der Waals surface area (Å²) in [7, 11) is 0. The molecule has 7 nitrogen and oxygen atoms in total. The summed E-state index contributed by atoms with van der Waals surface area (Å²) in [6.45, 7) is 6.92. The van der Waals surface area contributed by atoms with Crippen molar-refractivity contribution < 1.29 is 19.2 Å². The molecule has 3 rings (SSSR count). The summed E-state index contributed by atoms with van der Waals surface area (Å²) < 4.78 is 5.48. The number of quaternary nitrogens is 1. The van der Waals surface area contributed by atoms with E-state index < -0.39 is 11.8 Å². The summed E-state index contributed by atoms with van der Waals surface area (Å²) in [5, 5.41) is 6.82. The van der Waals surface area contributed by atoms with E-state index in [0.717, 1.165) is 29.9 Å². The monoisotopic (exact) mass is 395 g/mol. The Morgan fingerprint density at radius 2 is 1.66 bits per heavy atom. The highest BCUT2D eigenvalue weighted by Gasteiger charge is 2.29. The molecular formula is C22H27N4O3+. The van der Waals surface area contributed by atoms with Crippen molar-refractivity contribution in [1.82, 2.24) is 5.43 Å². The number of hydrogen-bond acceptors (Lipinski definition) is 4. The molecule has 0 radical (unpaired) electrons. The summed E-state index contributed by atoms with van der Waals surface area (Å²) in [5.74, 6) is -1.55. The van der Waals surface area contributed by atoms with Gasteiger partial charge in [0.1, 0.15) is 13.1 Å². The minimum Gasteiger partial charge on any atom is -0.370 e. The second kappa shape index (κ2) is 9.95. The highest BCUT2D eigenvalue weighted by atomic mass is 16.5. The maximum absolute atomic E-state index is 12.2. The Labute approximate surface area is 170 Å². The van der Waals surface area contributed by atoms with E-state index in [2.05, 4.69) is 28.0 Å². The van der Waals surface area contributed by atoms with Crippen LogP contribution in [0.25, 0.3) is 0 Å². The Kier molecular flexibility index (Phi) is 7.10. The van der Waals surface area contributed by atoms with Crippen molar-refractivity contribution in [2.24, 2.45) is 5.10 Å². The van der Waals surface area contributed by atoms with E-state index in [-0.39, 0.29) is 6.04 Å². The second-order valence-corrected chi connectivity index (χ2v) is 7.13. The van der Waals surface area contributed by atoms with Gasteiger partial charge in [-0.1, -0.05) is 48.0 Å². The number of amides is 2. The average molecular weight is 395 g/mol. The van der Waals surface area contributed by atoms with Crippen molar-refractivity contribution >= 4 is 23.2 Å². The smallest absolute Gasteiger partial charge is 0.329 e. The molecule has 29 heavy (non-hydrogen) atoms. The molecule has 0 aliphatic carbocycles. The quantitative estimate of drug-likeness (QED) is 0.402. The number of ether oxygens (including phenoxy) is 1. The summed E-state index contributed by atoms with van der Waals surface area (Å²) in [6, 6.07) is 17.3. The largest absolute Gasteiger partial charge is 0.370 e. The first-order chi connectivity index (χ1) is 14.0. The Morgan fingerprint density at radius 3 is 2.31 bits per heavy atom. The van der Waals surface area contributed by atoms with E-state index in [4.69, 9.17) is 4.74 Å². The van der Waals surface area contributed by atoms with Crippen LogP contribution in [0, 0.1) is 6.92 Å². The molecule has 1 aliphatic rings. The van der Waals surface area contributed by atoms with Crippen LogP contribution in [0.2, 0.25) is 0 Å². The minimum absolute atomic E-state index is 0.0134. The SMILES string of the molecule is C/C(=N/NC(=O)C(=O)Nc1ccc(C)cc1)[C@H](c1ccccc1)[NH+]1CCOCC1. The highest BCUT2D eigenvalue weighted by molar-refractivity contribution is 6.39. The van der Waals surface area contributed by atoms with Gasteiger partial charge in [-0.25, -0.2) is 5.43 Å². The molecule has 0 spiro atoms. The van der Waals surface area contributed by atoms with Crippen molar-refractivity contribution in [3.05, 3.63) is 65.7 Å². The van der Waals surface area contributed by atoms with Crippen LogP contribution in [0.3, 0.4) is 0 Å². The highest BCUT2D eigenvalue weighted by Crippen LogP contribution is 2.12. The third-order valence-corrected chi connectivity index (χ3v) is 4.94. The van der Waals surface area contributed by atoms with E-state index in [1.54, 1.807) is 12.1 Å². The first kappa shape index (κ1) is 20.7. The zero-order valence-electron chi connectivity index (χ0n) is 16.8. The Balaban J connectivity index is 1.68. The number of benzene rings is 2. The maximum atomic E-state index is 12.2. The zero-order chi connectivity index (χ0) is 20.6. The molecule has 1 atom stereocenters. The molecule has 3 N–H and O–H groups in total. The number of hydrogen-bond donors (Lipinski definition) is 3. The van der Waals surface area contributed by atoms with Gasteiger partial charge in [-0.3, -0.25) is 9.59 Å². The number of hydrazone groups is 1. The van der Waals surface area contributed by atoms with E-state index >= 15 is 0 Å². The van der Waals surface area contributed by atoms with Crippen LogP contribution in [0.15, 0.2) is 59.7 Å². The van der Waals surface area contributed by atoms with Crippen LogP contribution >= 0.6 is 0 Å². The van der Waals surface area contributed by atoms with E-state index in [1.165, 1.54) is 4.90 Å². The fourth-order valence-corrected chi connectivity index (χ4v) is 3.42. The van der Waals surface area contributed by atoms with Gasteiger partial charge in [-0.15, -0.1) is 0 Å². The molecule has 0 bridgehead atoms. The number of rotatable bonds is 5. The van der Waals surface area contributed by atoms with Crippen molar-refractivity contribution in [2.75, 3.05) is 31.6 Å². The Hall–Kier alpha value is -3.03. The predicted octanol–water partition coefficient (Wildman–Crippen LogP) is 1.08. The van der Waals surface area contributed by atoms with Gasteiger partial charge in [-0.05, 0) is 26.0 Å². The number of aryl methyl sites for hydroxylation is 1. The second-order valence-electron chi connectivity index (χ2n) is 7.13.